The van der Waals surface area contributed by atoms with Gasteiger partial charge in [-0.25, -0.2) is 0 Å². The average Bonchev–Trinajstić information content (AvgIpc) is 2.55. The molecular weight excluding hydrogens is 314 g/mol. The van der Waals surface area contributed by atoms with E-state index >= 15 is 0 Å². The van der Waals surface area contributed by atoms with Gasteiger partial charge >= 0.3 is 0 Å². The van der Waals surface area contributed by atoms with E-state index in [4.69, 9.17) is 0 Å². The number of halogens is 1. The van der Waals surface area contributed by atoms with Gasteiger partial charge in [0.2, 0.25) is 5.91 Å². The zero-order valence-corrected chi connectivity index (χ0v) is 14.2. The van der Waals surface area contributed by atoms with Crippen LogP contribution in [0.1, 0.15) is 42.1 Å². The highest BCUT2D eigenvalue weighted by Gasteiger charge is 2.22. The summed E-state index contributed by atoms with van der Waals surface area (Å²) in [6, 6.07) is 5.67. The molecule has 2 aliphatic rings. The van der Waals surface area contributed by atoms with Crippen molar-refractivity contribution in [2.45, 2.75) is 38.6 Å². The lowest BCUT2D eigenvalue weighted by atomic mass is 9.92. The summed E-state index contributed by atoms with van der Waals surface area (Å²) in [5.41, 5.74) is 2.54. The number of piperidine rings is 1. The number of fused-ring (bicyclic) bond motifs is 1. The average molecular weight is 338 g/mol. The molecule has 23 heavy (non-hydrogen) atoms. The van der Waals surface area contributed by atoms with Gasteiger partial charge in [-0.2, -0.15) is 0 Å². The first kappa shape index (κ1) is 17.8. The zero-order valence-electron chi connectivity index (χ0n) is 13.4. The Hall–Kier alpha value is -1.59. The van der Waals surface area contributed by atoms with Crippen LogP contribution in [-0.2, 0) is 11.2 Å². The molecule has 2 amide bonds. The first-order valence-corrected chi connectivity index (χ1v) is 8.08. The van der Waals surface area contributed by atoms with Crippen molar-refractivity contribution in [1.29, 1.82) is 0 Å². The molecule has 3 N–H and O–H groups in total. The quantitative estimate of drug-likeness (QED) is 0.791. The van der Waals surface area contributed by atoms with Crippen molar-refractivity contribution in [3.8, 4) is 0 Å². The van der Waals surface area contributed by atoms with Crippen molar-refractivity contribution in [3.63, 3.8) is 0 Å². The SMILES string of the molecule is CC(NC(=O)c1ccc2c(c1)CCC(=O)N2)C1CCCNC1.Cl. The zero-order chi connectivity index (χ0) is 15.5. The number of amides is 2. The van der Waals surface area contributed by atoms with Crippen LogP contribution in [0.4, 0.5) is 5.69 Å². The Bertz CT molecular complexity index is 585. The van der Waals surface area contributed by atoms with E-state index in [1.165, 1.54) is 6.42 Å². The minimum atomic E-state index is -0.0298. The Kier molecular flexibility index (Phi) is 6.02. The molecule has 0 aromatic heterocycles. The van der Waals surface area contributed by atoms with E-state index in [1.54, 1.807) is 6.07 Å². The van der Waals surface area contributed by atoms with Gasteiger partial charge in [0.15, 0.2) is 0 Å². The lowest BCUT2D eigenvalue weighted by Crippen LogP contribution is -2.44. The van der Waals surface area contributed by atoms with Gasteiger partial charge in [0.1, 0.15) is 0 Å². The molecule has 5 nitrogen and oxygen atoms in total. The number of carbonyl (C=O) groups is 2. The van der Waals surface area contributed by atoms with E-state index in [0.29, 0.717) is 24.3 Å². The maximum Gasteiger partial charge on any atom is 0.251 e. The highest BCUT2D eigenvalue weighted by atomic mass is 35.5. The Balaban J connectivity index is 0.00000192. The van der Waals surface area contributed by atoms with Gasteiger partial charge < -0.3 is 16.0 Å². The second kappa shape index (κ2) is 7.79. The molecule has 1 aromatic rings. The lowest BCUT2D eigenvalue weighted by molar-refractivity contribution is -0.116. The highest BCUT2D eigenvalue weighted by Crippen LogP contribution is 2.24. The summed E-state index contributed by atoms with van der Waals surface area (Å²) in [4.78, 5) is 23.8. The molecule has 0 saturated carbocycles. The molecular formula is C17H24ClN3O2. The number of rotatable bonds is 3. The molecule has 2 aliphatic heterocycles. The maximum absolute atomic E-state index is 12.4. The summed E-state index contributed by atoms with van der Waals surface area (Å²) in [6.07, 6.45) is 3.51. The Labute approximate surface area is 143 Å². The van der Waals surface area contributed by atoms with Crippen molar-refractivity contribution < 1.29 is 9.59 Å². The minimum absolute atomic E-state index is 0. The third-order valence-corrected chi connectivity index (χ3v) is 4.66. The number of hydrogen-bond acceptors (Lipinski definition) is 3. The summed E-state index contributed by atoms with van der Waals surface area (Å²) in [7, 11) is 0. The van der Waals surface area contributed by atoms with Crippen LogP contribution >= 0.6 is 12.4 Å². The monoisotopic (exact) mass is 337 g/mol. The molecule has 1 saturated heterocycles. The van der Waals surface area contributed by atoms with E-state index in [1.807, 2.05) is 12.1 Å². The molecule has 0 bridgehead atoms. The van der Waals surface area contributed by atoms with E-state index in [-0.39, 0.29) is 30.3 Å². The van der Waals surface area contributed by atoms with Crippen LogP contribution in [0.5, 0.6) is 0 Å². The normalized spacial score (nSPS) is 21.4. The third kappa shape index (κ3) is 4.24. The van der Waals surface area contributed by atoms with Crippen LogP contribution in [0.2, 0.25) is 0 Å². The minimum Gasteiger partial charge on any atom is -0.349 e. The topological polar surface area (TPSA) is 70.2 Å². The first-order valence-electron chi connectivity index (χ1n) is 8.08. The van der Waals surface area contributed by atoms with Gasteiger partial charge in [0.05, 0.1) is 0 Å². The van der Waals surface area contributed by atoms with Crippen molar-refractivity contribution >= 4 is 29.9 Å². The number of carbonyl (C=O) groups excluding carboxylic acids is 2. The fourth-order valence-electron chi connectivity index (χ4n) is 3.24. The van der Waals surface area contributed by atoms with Gasteiger partial charge in [0, 0.05) is 23.7 Å². The van der Waals surface area contributed by atoms with Gasteiger partial charge in [-0.05, 0) is 69.0 Å². The van der Waals surface area contributed by atoms with Crippen molar-refractivity contribution in [1.82, 2.24) is 10.6 Å². The Morgan fingerprint density at radius 2 is 2.17 bits per heavy atom. The molecule has 0 spiro atoms. The van der Waals surface area contributed by atoms with E-state index < -0.39 is 0 Å². The van der Waals surface area contributed by atoms with Crippen LogP contribution in [0.15, 0.2) is 18.2 Å². The highest BCUT2D eigenvalue weighted by molar-refractivity contribution is 5.98. The molecule has 2 unspecified atom stereocenters. The third-order valence-electron chi connectivity index (χ3n) is 4.66. The second-order valence-corrected chi connectivity index (χ2v) is 6.29. The van der Waals surface area contributed by atoms with Crippen LogP contribution in [0.3, 0.4) is 0 Å². The summed E-state index contributed by atoms with van der Waals surface area (Å²) in [6.45, 7) is 4.12. The second-order valence-electron chi connectivity index (χ2n) is 6.29. The number of anilines is 1. The molecule has 6 heteroatoms. The van der Waals surface area contributed by atoms with Gasteiger partial charge in [-0.3, -0.25) is 9.59 Å². The summed E-state index contributed by atoms with van der Waals surface area (Å²) < 4.78 is 0. The molecule has 1 fully saturated rings. The van der Waals surface area contributed by atoms with E-state index in [9.17, 15) is 9.59 Å². The number of benzene rings is 1. The molecule has 126 valence electrons. The number of hydrogen-bond donors (Lipinski definition) is 3. The summed E-state index contributed by atoms with van der Waals surface area (Å²) >= 11 is 0. The molecule has 2 atom stereocenters. The fourth-order valence-corrected chi connectivity index (χ4v) is 3.24. The summed E-state index contributed by atoms with van der Waals surface area (Å²) in [5, 5.41) is 9.34. The molecule has 2 heterocycles. The van der Waals surface area contributed by atoms with Gasteiger partial charge in [-0.15, -0.1) is 12.4 Å². The Morgan fingerprint density at radius 3 is 2.91 bits per heavy atom. The predicted octanol–water partition coefficient (Wildman–Crippen LogP) is 2.11. The molecule has 0 radical (unpaired) electrons. The van der Waals surface area contributed by atoms with Crippen molar-refractivity contribution in [3.05, 3.63) is 29.3 Å². The smallest absolute Gasteiger partial charge is 0.251 e. The van der Waals surface area contributed by atoms with Crippen molar-refractivity contribution in [2.75, 3.05) is 18.4 Å². The van der Waals surface area contributed by atoms with Crippen LogP contribution in [0.25, 0.3) is 0 Å². The lowest BCUT2D eigenvalue weighted by Gasteiger charge is -2.29. The Morgan fingerprint density at radius 1 is 1.35 bits per heavy atom. The largest absolute Gasteiger partial charge is 0.349 e. The van der Waals surface area contributed by atoms with Crippen LogP contribution in [0, 0.1) is 5.92 Å². The van der Waals surface area contributed by atoms with Gasteiger partial charge in [-0.1, -0.05) is 0 Å². The first-order chi connectivity index (χ1) is 10.6. The van der Waals surface area contributed by atoms with Crippen molar-refractivity contribution in [2.24, 2.45) is 5.92 Å². The summed E-state index contributed by atoms with van der Waals surface area (Å²) in [5.74, 6) is 0.510. The molecule has 3 rings (SSSR count). The number of nitrogens with one attached hydrogen (secondary N) is 3. The molecule has 0 aliphatic carbocycles. The standard InChI is InChI=1S/C17H23N3O2.ClH/c1-11(14-3-2-8-18-10-14)19-17(22)13-4-6-15-12(9-13)5-7-16(21)20-15;/h4,6,9,11,14,18H,2-3,5,7-8,10H2,1H3,(H,19,22)(H,20,21);1H. The van der Waals surface area contributed by atoms with Crippen LogP contribution in [-0.4, -0.2) is 30.9 Å². The number of aryl methyl sites for hydroxylation is 1. The van der Waals surface area contributed by atoms with Gasteiger partial charge in [0.25, 0.3) is 5.91 Å². The molecule has 1 aromatic carbocycles. The maximum atomic E-state index is 12.4. The van der Waals surface area contributed by atoms with Crippen LogP contribution < -0.4 is 16.0 Å². The fraction of sp³-hybridized carbons (Fsp3) is 0.529. The predicted molar refractivity (Wildman–Crippen MR) is 93.2 cm³/mol. The van der Waals surface area contributed by atoms with E-state index in [0.717, 1.165) is 30.8 Å². The van der Waals surface area contributed by atoms with E-state index in [2.05, 4.69) is 22.9 Å².